The van der Waals surface area contributed by atoms with Crippen LogP contribution in [0.15, 0.2) is 0 Å². The van der Waals surface area contributed by atoms with Crippen molar-refractivity contribution in [2.75, 3.05) is 27.3 Å². The lowest BCUT2D eigenvalue weighted by molar-refractivity contribution is -0.331. The van der Waals surface area contributed by atoms with E-state index in [-0.39, 0.29) is 5.79 Å². The predicted molar refractivity (Wildman–Crippen MR) is 41.2 cm³/mol. The van der Waals surface area contributed by atoms with Crippen LogP contribution in [0, 0.1) is 11.8 Å². The normalized spacial score (nSPS) is 39.8. The molecule has 3 heteroatoms. The first kappa shape index (κ1) is 7.53. The quantitative estimate of drug-likeness (QED) is 0.581. The summed E-state index contributed by atoms with van der Waals surface area (Å²) in [6.07, 6.45) is 1.26. The smallest absolute Gasteiger partial charge is 0.175 e. The van der Waals surface area contributed by atoms with Gasteiger partial charge in [-0.25, -0.2) is 0 Å². The first-order valence-electron chi connectivity index (χ1n) is 4.14. The van der Waals surface area contributed by atoms with Crippen molar-refractivity contribution in [3.8, 4) is 0 Å². The third-order valence-corrected chi connectivity index (χ3v) is 3.13. The number of hydrogen-bond acceptors (Lipinski definition) is 3. The van der Waals surface area contributed by atoms with E-state index in [2.05, 4.69) is 5.32 Å². The summed E-state index contributed by atoms with van der Waals surface area (Å²) in [5.74, 6) is 0.887. The highest BCUT2D eigenvalue weighted by molar-refractivity contribution is 5.03. The molecule has 0 unspecified atom stereocenters. The lowest BCUT2D eigenvalue weighted by Gasteiger charge is -2.57. The van der Waals surface area contributed by atoms with E-state index in [4.69, 9.17) is 9.47 Å². The van der Waals surface area contributed by atoms with Crippen LogP contribution in [0.2, 0.25) is 0 Å². The number of fused-ring (bicyclic) bond motifs is 2. The zero-order valence-corrected chi connectivity index (χ0v) is 7.09. The third-order valence-electron chi connectivity index (χ3n) is 3.13. The molecule has 1 aliphatic carbocycles. The summed E-state index contributed by atoms with van der Waals surface area (Å²) in [7, 11) is 3.49. The molecular weight excluding hydrogens is 142 g/mol. The van der Waals surface area contributed by atoms with Crippen LogP contribution < -0.4 is 5.32 Å². The molecule has 0 radical (unpaired) electrons. The molecule has 3 fully saturated rings. The Balaban J connectivity index is 2.12. The highest BCUT2D eigenvalue weighted by Gasteiger charge is 2.58. The Labute approximate surface area is 67.1 Å². The summed E-state index contributed by atoms with van der Waals surface area (Å²) in [4.78, 5) is 0. The van der Waals surface area contributed by atoms with Gasteiger partial charge in [0, 0.05) is 39.1 Å². The van der Waals surface area contributed by atoms with Crippen molar-refractivity contribution in [3.05, 3.63) is 0 Å². The van der Waals surface area contributed by atoms with Crippen LogP contribution in [0.3, 0.4) is 0 Å². The van der Waals surface area contributed by atoms with Crippen molar-refractivity contribution in [1.82, 2.24) is 5.32 Å². The van der Waals surface area contributed by atoms with Crippen LogP contribution >= 0.6 is 0 Å². The molecular formula is C8H15NO2. The molecule has 2 saturated heterocycles. The molecule has 2 bridgehead atoms. The highest BCUT2D eigenvalue weighted by Crippen LogP contribution is 2.48. The first-order chi connectivity index (χ1) is 5.33. The Morgan fingerprint density at radius 2 is 1.73 bits per heavy atom. The van der Waals surface area contributed by atoms with E-state index in [0.717, 1.165) is 13.1 Å². The molecule has 0 aromatic heterocycles. The Kier molecular flexibility index (Phi) is 1.67. The van der Waals surface area contributed by atoms with E-state index in [1.807, 2.05) is 0 Å². The van der Waals surface area contributed by atoms with E-state index in [1.165, 1.54) is 6.42 Å². The van der Waals surface area contributed by atoms with Gasteiger partial charge in [0.05, 0.1) is 0 Å². The Morgan fingerprint density at radius 3 is 2.00 bits per heavy atom. The molecule has 2 atom stereocenters. The Hall–Kier alpha value is -0.120. The van der Waals surface area contributed by atoms with E-state index in [0.29, 0.717) is 11.8 Å². The van der Waals surface area contributed by atoms with E-state index in [1.54, 1.807) is 14.2 Å². The maximum Gasteiger partial charge on any atom is 0.175 e. The third kappa shape index (κ3) is 0.789. The van der Waals surface area contributed by atoms with Gasteiger partial charge in [-0.05, 0) is 6.42 Å². The lowest BCUT2D eigenvalue weighted by Crippen LogP contribution is -2.67. The van der Waals surface area contributed by atoms with Gasteiger partial charge in [-0.2, -0.15) is 0 Å². The predicted octanol–water partition coefficient (Wildman–Crippen LogP) is 0.215. The molecule has 0 aromatic rings. The van der Waals surface area contributed by atoms with Gasteiger partial charge in [0.1, 0.15) is 0 Å². The summed E-state index contributed by atoms with van der Waals surface area (Å²) < 4.78 is 10.9. The molecule has 3 rings (SSSR count). The fourth-order valence-electron chi connectivity index (χ4n) is 2.48. The van der Waals surface area contributed by atoms with Crippen molar-refractivity contribution < 1.29 is 9.47 Å². The van der Waals surface area contributed by atoms with Crippen molar-refractivity contribution in [2.24, 2.45) is 11.8 Å². The zero-order valence-electron chi connectivity index (χ0n) is 7.09. The Bertz CT molecular complexity index is 140. The molecule has 3 nitrogen and oxygen atoms in total. The Morgan fingerprint density at radius 1 is 1.18 bits per heavy atom. The molecule has 0 amide bonds. The molecule has 0 aromatic carbocycles. The van der Waals surface area contributed by atoms with Gasteiger partial charge >= 0.3 is 0 Å². The molecule has 64 valence electrons. The van der Waals surface area contributed by atoms with Crippen LogP contribution in [-0.2, 0) is 9.47 Å². The first-order valence-corrected chi connectivity index (χ1v) is 4.14. The summed E-state index contributed by atoms with van der Waals surface area (Å²) in [6.45, 7) is 2.08. The van der Waals surface area contributed by atoms with Gasteiger partial charge in [-0.3, -0.25) is 0 Å². The minimum absolute atomic E-state index is 0.245. The van der Waals surface area contributed by atoms with Crippen molar-refractivity contribution in [1.29, 1.82) is 0 Å². The maximum absolute atomic E-state index is 5.43. The minimum atomic E-state index is -0.245. The molecule has 3 aliphatic rings. The number of nitrogens with one attached hydrogen (secondary N) is 1. The maximum atomic E-state index is 5.43. The van der Waals surface area contributed by atoms with Crippen LogP contribution in [0.4, 0.5) is 0 Å². The molecule has 11 heavy (non-hydrogen) atoms. The number of piperidine rings is 2. The SMILES string of the molecule is COC1(OC)[C@@H]2CNC[C@@H]1C2. The topological polar surface area (TPSA) is 30.5 Å². The number of methoxy groups -OCH3 is 2. The standard InChI is InChI=1S/C8H15NO2/c1-10-8(11-2)6-3-7(8)5-9-4-6/h6-7,9H,3-5H2,1-2H3/t6-,7-/m0/s1. The second-order valence-corrected chi connectivity index (χ2v) is 3.42. The highest BCUT2D eigenvalue weighted by atomic mass is 16.7. The molecule has 1 saturated carbocycles. The second-order valence-electron chi connectivity index (χ2n) is 3.42. The van der Waals surface area contributed by atoms with Crippen LogP contribution in [0.25, 0.3) is 0 Å². The van der Waals surface area contributed by atoms with Crippen LogP contribution in [0.5, 0.6) is 0 Å². The minimum Gasteiger partial charge on any atom is -0.353 e. The largest absolute Gasteiger partial charge is 0.353 e. The fourth-order valence-corrected chi connectivity index (χ4v) is 2.48. The molecule has 1 N–H and O–H groups in total. The number of rotatable bonds is 2. The van der Waals surface area contributed by atoms with Gasteiger partial charge in [-0.15, -0.1) is 0 Å². The second kappa shape index (κ2) is 2.44. The average molecular weight is 157 g/mol. The fraction of sp³-hybridized carbons (Fsp3) is 1.00. The summed E-state index contributed by atoms with van der Waals surface area (Å²) in [5.41, 5.74) is 0. The van der Waals surface area contributed by atoms with E-state index in [9.17, 15) is 0 Å². The van der Waals surface area contributed by atoms with E-state index >= 15 is 0 Å². The van der Waals surface area contributed by atoms with E-state index < -0.39 is 0 Å². The molecule has 0 spiro atoms. The van der Waals surface area contributed by atoms with Crippen molar-refractivity contribution in [2.45, 2.75) is 12.2 Å². The monoisotopic (exact) mass is 157 g/mol. The molecule has 2 heterocycles. The van der Waals surface area contributed by atoms with Gasteiger partial charge in [0.2, 0.25) is 0 Å². The van der Waals surface area contributed by atoms with Crippen molar-refractivity contribution in [3.63, 3.8) is 0 Å². The number of ether oxygens (including phenoxy) is 2. The zero-order chi connectivity index (χ0) is 7.90. The molecule has 2 aliphatic heterocycles. The van der Waals surface area contributed by atoms with Crippen molar-refractivity contribution >= 4 is 0 Å². The van der Waals surface area contributed by atoms with Gasteiger partial charge in [-0.1, -0.05) is 0 Å². The van der Waals surface area contributed by atoms with Crippen LogP contribution in [-0.4, -0.2) is 33.1 Å². The van der Waals surface area contributed by atoms with Crippen LogP contribution in [0.1, 0.15) is 6.42 Å². The average Bonchev–Trinajstić information content (AvgIpc) is 2.08. The lowest BCUT2D eigenvalue weighted by atomic mass is 9.65. The number of hydrogen-bond donors (Lipinski definition) is 1. The van der Waals surface area contributed by atoms with Gasteiger partial charge in [0.15, 0.2) is 5.79 Å². The summed E-state index contributed by atoms with van der Waals surface area (Å²) in [6, 6.07) is 0. The summed E-state index contributed by atoms with van der Waals surface area (Å²) >= 11 is 0. The van der Waals surface area contributed by atoms with Gasteiger partial charge in [0.25, 0.3) is 0 Å². The van der Waals surface area contributed by atoms with Gasteiger partial charge < -0.3 is 14.8 Å². The summed E-state index contributed by atoms with van der Waals surface area (Å²) in [5, 5.41) is 3.35.